The van der Waals surface area contributed by atoms with Crippen molar-refractivity contribution in [3.8, 4) is 11.1 Å². The lowest BCUT2D eigenvalue weighted by atomic mass is 9.97. The number of carboxylic acid groups (broad SMARTS) is 1. The minimum atomic E-state index is -0.968. The summed E-state index contributed by atoms with van der Waals surface area (Å²) in [5, 5.41) is 13.7. The number of aromatic nitrogens is 2. The molecular weight excluding hydrogens is 413 g/mol. The first-order valence-corrected chi connectivity index (χ1v) is 10.9. The summed E-state index contributed by atoms with van der Waals surface area (Å²) in [6.07, 6.45) is 2.49. The highest BCUT2D eigenvalue weighted by molar-refractivity contribution is 7.19. The van der Waals surface area contributed by atoms with Crippen LogP contribution in [0.3, 0.4) is 0 Å². The molecule has 2 N–H and O–H groups in total. The molecule has 0 aliphatic rings. The molecule has 4 aromatic rings. The summed E-state index contributed by atoms with van der Waals surface area (Å²) in [6, 6.07) is 13.6. The molecule has 0 fully saturated rings. The van der Waals surface area contributed by atoms with E-state index in [1.165, 1.54) is 23.7 Å². The lowest BCUT2D eigenvalue weighted by Gasteiger charge is -2.17. The SMILES string of the molecule is CCc1sc2ncnc(NC(Cc3ccccc3)C(=O)O)c2c1-c1cccc(F)c1C. The normalized spacial score (nSPS) is 12.1. The van der Waals surface area contributed by atoms with Crippen LogP contribution >= 0.6 is 11.3 Å². The van der Waals surface area contributed by atoms with Gasteiger partial charge in [0.05, 0.1) is 5.39 Å². The Hall–Kier alpha value is -3.32. The van der Waals surface area contributed by atoms with Crippen molar-refractivity contribution >= 4 is 33.3 Å². The molecule has 2 aromatic heterocycles. The van der Waals surface area contributed by atoms with Crippen molar-refractivity contribution in [2.75, 3.05) is 5.32 Å². The van der Waals surface area contributed by atoms with Gasteiger partial charge in [0.25, 0.3) is 0 Å². The number of rotatable bonds is 7. The summed E-state index contributed by atoms with van der Waals surface area (Å²) in [5.41, 5.74) is 3.10. The fourth-order valence-electron chi connectivity index (χ4n) is 3.72. The summed E-state index contributed by atoms with van der Waals surface area (Å²) in [5.74, 6) is -0.800. The molecular formula is C24H22FN3O2S. The predicted molar refractivity (Wildman–Crippen MR) is 122 cm³/mol. The minimum Gasteiger partial charge on any atom is -0.480 e. The van der Waals surface area contributed by atoms with Gasteiger partial charge in [-0.05, 0) is 36.1 Å². The summed E-state index contributed by atoms with van der Waals surface area (Å²) in [4.78, 5) is 22.6. The van der Waals surface area contributed by atoms with Crippen LogP contribution in [-0.4, -0.2) is 27.1 Å². The minimum absolute atomic E-state index is 0.280. The van der Waals surface area contributed by atoms with Crippen LogP contribution in [-0.2, 0) is 17.6 Å². The number of hydrogen-bond donors (Lipinski definition) is 2. The third-order valence-corrected chi connectivity index (χ3v) is 6.55. The zero-order valence-corrected chi connectivity index (χ0v) is 18.0. The average Bonchev–Trinajstić information content (AvgIpc) is 3.15. The third-order valence-electron chi connectivity index (χ3n) is 5.31. The number of benzene rings is 2. The van der Waals surface area contributed by atoms with Crippen molar-refractivity contribution in [3.63, 3.8) is 0 Å². The number of anilines is 1. The van der Waals surface area contributed by atoms with Crippen molar-refractivity contribution < 1.29 is 14.3 Å². The summed E-state index contributed by atoms with van der Waals surface area (Å²) >= 11 is 1.53. The first-order chi connectivity index (χ1) is 15.0. The zero-order valence-electron chi connectivity index (χ0n) is 17.2. The van der Waals surface area contributed by atoms with E-state index >= 15 is 0 Å². The fraction of sp³-hybridized carbons (Fsp3) is 0.208. The second-order valence-electron chi connectivity index (χ2n) is 7.29. The fourth-order valence-corrected chi connectivity index (χ4v) is 4.81. The molecule has 0 aliphatic carbocycles. The maximum absolute atomic E-state index is 14.3. The van der Waals surface area contributed by atoms with Crippen molar-refractivity contribution in [2.24, 2.45) is 0 Å². The first-order valence-electron chi connectivity index (χ1n) is 10.0. The Morgan fingerprint density at radius 2 is 1.94 bits per heavy atom. The van der Waals surface area contributed by atoms with Crippen LogP contribution in [0.25, 0.3) is 21.3 Å². The predicted octanol–water partition coefficient (Wildman–Crippen LogP) is 5.48. The Kier molecular flexibility index (Phi) is 5.95. The topological polar surface area (TPSA) is 75.1 Å². The number of hydrogen-bond acceptors (Lipinski definition) is 5. The third kappa shape index (κ3) is 4.14. The monoisotopic (exact) mass is 435 g/mol. The number of aryl methyl sites for hydroxylation is 1. The highest BCUT2D eigenvalue weighted by Crippen LogP contribution is 2.42. The Labute approximate surface area is 183 Å². The Bertz CT molecular complexity index is 1240. The Morgan fingerprint density at radius 1 is 1.16 bits per heavy atom. The maximum Gasteiger partial charge on any atom is 0.326 e. The molecule has 2 aromatic carbocycles. The molecule has 0 saturated heterocycles. The number of thiophene rings is 1. The van der Waals surface area contributed by atoms with E-state index in [9.17, 15) is 14.3 Å². The van der Waals surface area contributed by atoms with E-state index in [4.69, 9.17) is 0 Å². The molecule has 0 saturated carbocycles. The van der Waals surface area contributed by atoms with Gasteiger partial charge in [-0.3, -0.25) is 0 Å². The molecule has 158 valence electrons. The molecule has 0 aliphatic heterocycles. The quantitative estimate of drug-likeness (QED) is 0.402. The number of carbonyl (C=O) groups is 1. The molecule has 5 nitrogen and oxygen atoms in total. The number of halogens is 1. The first kappa shape index (κ1) is 20.9. The van der Waals surface area contributed by atoms with Gasteiger partial charge >= 0.3 is 5.97 Å². The van der Waals surface area contributed by atoms with Crippen LogP contribution in [0.5, 0.6) is 0 Å². The van der Waals surface area contributed by atoms with Gasteiger partial charge in [0, 0.05) is 16.9 Å². The van der Waals surface area contributed by atoms with E-state index in [1.807, 2.05) is 43.3 Å². The molecule has 0 amide bonds. The molecule has 31 heavy (non-hydrogen) atoms. The number of carboxylic acids is 1. The van der Waals surface area contributed by atoms with Crippen molar-refractivity contribution in [2.45, 2.75) is 32.7 Å². The highest BCUT2D eigenvalue weighted by atomic mass is 32.1. The van der Waals surface area contributed by atoms with Crippen molar-refractivity contribution in [1.29, 1.82) is 0 Å². The Morgan fingerprint density at radius 3 is 2.65 bits per heavy atom. The lowest BCUT2D eigenvalue weighted by molar-refractivity contribution is -0.137. The van der Waals surface area contributed by atoms with Gasteiger partial charge in [-0.1, -0.05) is 49.4 Å². The number of nitrogens with zero attached hydrogens (tertiary/aromatic N) is 2. The number of fused-ring (bicyclic) bond motifs is 1. The summed E-state index contributed by atoms with van der Waals surface area (Å²) in [7, 11) is 0. The van der Waals surface area contributed by atoms with Crippen LogP contribution in [0.4, 0.5) is 10.2 Å². The molecule has 0 radical (unpaired) electrons. The van der Waals surface area contributed by atoms with Gasteiger partial charge in [-0.25, -0.2) is 19.2 Å². The van der Waals surface area contributed by atoms with Gasteiger partial charge in [-0.2, -0.15) is 0 Å². The zero-order chi connectivity index (χ0) is 22.0. The van der Waals surface area contributed by atoms with Crippen molar-refractivity contribution in [1.82, 2.24) is 9.97 Å². The standard InChI is InChI=1S/C24H22FN3O2S/c1-3-19-20(16-10-7-11-17(25)14(16)2)21-22(26-13-27-23(21)31-19)28-18(24(29)30)12-15-8-5-4-6-9-15/h4-11,13,18H,3,12H2,1-2H3,(H,29,30)(H,26,27,28). The van der Waals surface area contributed by atoms with E-state index < -0.39 is 12.0 Å². The lowest BCUT2D eigenvalue weighted by Crippen LogP contribution is -2.32. The maximum atomic E-state index is 14.3. The summed E-state index contributed by atoms with van der Waals surface area (Å²) in [6.45, 7) is 3.79. The molecule has 0 spiro atoms. The van der Waals surface area contributed by atoms with E-state index in [1.54, 1.807) is 13.0 Å². The molecule has 4 rings (SSSR count). The molecule has 1 unspecified atom stereocenters. The smallest absolute Gasteiger partial charge is 0.326 e. The molecule has 1 atom stereocenters. The van der Waals surface area contributed by atoms with Crippen molar-refractivity contribution in [3.05, 3.63) is 76.7 Å². The second kappa shape index (κ2) is 8.81. The summed E-state index contributed by atoms with van der Waals surface area (Å²) < 4.78 is 14.3. The largest absolute Gasteiger partial charge is 0.480 e. The van der Waals surface area contributed by atoms with Gasteiger partial charge in [0.1, 0.15) is 28.8 Å². The van der Waals surface area contributed by atoms with Gasteiger partial charge in [0.15, 0.2) is 0 Å². The Balaban J connectivity index is 1.84. The van der Waals surface area contributed by atoms with Crippen LogP contribution in [0.1, 0.15) is 22.9 Å². The van der Waals surface area contributed by atoms with Crippen LogP contribution in [0, 0.1) is 12.7 Å². The average molecular weight is 436 g/mol. The highest BCUT2D eigenvalue weighted by Gasteiger charge is 2.24. The van der Waals surface area contributed by atoms with Crippen LogP contribution in [0.15, 0.2) is 54.9 Å². The van der Waals surface area contributed by atoms with E-state index in [2.05, 4.69) is 15.3 Å². The second-order valence-corrected chi connectivity index (χ2v) is 8.38. The number of nitrogens with one attached hydrogen (secondary N) is 1. The van der Waals surface area contributed by atoms with Gasteiger partial charge in [0.2, 0.25) is 0 Å². The number of aliphatic carboxylic acids is 1. The molecule has 7 heteroatoms. The van der Waals surface area contributed by atoms with Crippen LogP contribution < -0.4 is 5.32 Å². The van der Waals surface area contributed by atoms with E-state index in [0.717, 1.165) is 38.2 Å². The molecule has 0 bridgehead atoms. The van der Waals surface area contributed by atoms with E-state index in [-0.39, 0.29) is 5.82 Å². The van der Waals surface area contributed by atoms with Gasteiger partial charge in [-0.15, -0.1) is 11.3 Å². The molecule has 2 heterocycles. The van der Waals surface area contributed by atoms with E-state index in [0.29, 0.717) is 17.8 Å². The van der Waals surface area contributed by atoms with Crippen LogP contribution in [0.2, 0.25) is 0 Å². The van der Waals surface area contributed by atoms with Gasteiger partial charge < -0.3 is 10.4 Å².